The van der Waals surface area contributed by atoms with Crippen LogP contribution in [0.1, 0.15) is 30.0 Å². The minimum atomic E-state index is -0.220. The lowest BCUT2D eigenvalue weighted by molar-refractivity contribution is -0.125. The van der Waals surface area contributed by atoms with Crippen molar-refractivity contribution in [3.63, 3.8) is 0 Å². The van der Waals surface area contributed by atoms with Gasteiger partial charge >= 0.3 is 0 Å². The van der Waals surface area contributed by atoms with Gasteiger partial charge in [0.15, 0.2) is 0 Å². The zero-order valence-electron chi connectivity index (χ0n) is 13.7. The first-order valence-corrected chi connectivity index (χ1v) is 9.01. The van der Waals surface area contributed by atoms with E-state index in [-0.39, 0.29) is 11.9 Å². The summed E-state index contributed by atoms with van der Waals surface area (Å²) in [6, 6.07) is 7.59. The first-order chi connectivity index (χ1) is 12.0. The molecule has 1 unspecified atom stereocenters. The summed E-state index contributed by atoms with van der Waals surface area (Å²) in [5, 5.41) is 8.93. The number of hydrazone groups is 1. The highest BCUT2D eigenvalue weighted by atomic mass is 35.5. The molecule has 6 nitrogen and oxygen atoms in total. The number of amides is 1. The van der Waals surface area contributed by atoms with Gasteiger partial charge in [0.25, 0.3) is 5.91 Å². The molecule has 25 heavy (non-hydrogen) atoms. The summed E-state index contributed by atoms with van der Waals surface area (Å²) in [5.41, 5.74) is 2.67. The van der Waals surface area contributed by atoms with Crippen LogP contribution in [0.25, 0.3) is 5.70 Å². The predicted octanol–water partition coefficient (Wildman–Crippen LogP) is 3.39. The number of aromatic nitrogens is 1. The van der Waals surface area contributed by atoms with Crippen molar-refractivity contribution >= 4 is 46.2 Å². The van der Waals surface area contributed by atoms with Crippen molar-refractivity contribution in [3.8, 4) is 0 Å². The number of aryl methyl sites for hydroxylation is 1. The van der Waals surface area contributed by atoms with E-state index in [0.717, 1.165) is 22.0 Å². The molecule has 0 fully saturated rings. The third-order valence-electron chi connectivity index (χ3n) is 4.05. The van der Waals surface area contributed by atoms with Crippen LogP contribution in [0.15, 0.2) is 46.6 Å². The fraction of sp³-hybridized carbons (Fsp3) is 0.235. The van der Waals surface area contributed by atoms with Gasteiger partial charge in [0.05, 0.1) is 22.1 Å². The van der Waals surface area contributed by atoms with E-state index in [1.807, 2.05) is 55.1 Å². The van der Waals surface area contributed by atoms with Crippen molar-refractivity contribution in [2.75, 3.05) is 0 Å². The number of nitrogens with one attached hydrogen (secondary N) is 1. The second-order valence-corrected chi connectivity index (χ2v) is 7.71. The molecule has 0 spiro atoms. The second kappa shape index (κ2) is 6.16. The van der Waals surface area contributed by atoms with E-state index in [2.05, 4.69) is 10.4 Å². The third kappa shape index (κ3) is 3.01. The summed E-state index contributed by atoms with van der Waals surface area (Å²) in [5.74, 6) is 0.356. The van der Waals surface area contributed by atoms with E-state index >= 15 is 0 Å². The fourth-order valence-electron chi connectivity index (χ4n) is 2.87. The molecule has 0 aliphatic carbocycles. The Hall–Kier alpha value is -2.38. The van der Waals surface area contributed by atoms with Crippen LogP contribution >= 0.6 is 22.9 Å². The van der Waals surface area contributed by atoms with Gasteiger partial charge in [0, 0.05) is 23.8 Å². The first kappa shape index (κ1) is 16.1. The highest BCUT2D eigenvalue weighted by Gasteiger charge is 2.30. The Labute approximate surface area is 154 Å². The third-order valence-corrected chi connectivity index (χ3v) is 5.35. The molecule has 0 saturated carbocycles. The van der Waals surface area contributed by atoms with Crippen LogP contribution in [0.5, 0.6) is 0 Å². The van der Waals surface area contributed by atoms with Crippen LogP contribution in [0.3, 0.4) is 0 Å². The lowest BCUT2D eigenvalue weighted by Gasteiger charge is -2.25. The first-order valence-electron chi connectivity index (χ1n) is 7.82. The van der Waals surface area contributed by atoms with E-state index in [1.54, 1.807) is 0 Å². The van der Waals surface area contributed by atoms with E-state index in [0.29, 0.717) is 16.7 Å². The number of hydrogen-bond donors (Lipinski definition) is 1. The smallest absolute Gasteiger partial charge is 0.255 e. The van der Waals surface area contributed by atoms with Gasteiger partial charge in [0.1, 0.15) is 6.04 Å². The number of carbonyl (C=O) groups is 1. The molecule has 4 heterocycles. The quantitative estimate of drug-likeness (QED) is 0.877. The maximum absolute atomic E-state index is 12.2. The number of thiophene rings is 1. The molecule has 0 radical (unpaired) electrons. The SMILES string of the molecule is CC1=NN(C2=NC(c3ccc(Cl)s3)C=C(c3cccn3C)N2)C(=O)C1. The topological polar surface area (TPSA) is 62.0 Å². The van der Waals surface area contributed by atoms with Crippen LogP contribution < -0.4 is 5.32 Å². The molecule has 1 amide bonds. The number of halogens is 1. The molecular weight excluding hydrogens is 358 g/mol. The fourth-order valence-corrected chi connectivity index (χ4v) is 3.94. The molecule has 2 aromatic heterocycles. The summed E-state index contributed by atoms with van der Waals surface area (Å²) >= 11 is 7.57. The molecule has 8 heteroatoms. The molecule has 2 aliphatic rings. The Morgan fingerprint density at radius 3 is 2.80 bits per heavy atom. The molecule has 1 atom stereocenters. The highest BCUT2D eigenvalue weighted by Crippen LogP contribution is 2.34. The number of hydrogen-bond acceptors (Lipinski definition) is 5. The lowest BCUT2D eigenvalue weighted by Crippen LogP contribution is -2.41. The summed E-state index contributed by atoms with van der Waals surface area (Å²) < 4.78 is 2.73. The summed E-state index contributed by atoms with van der Waals surface area (Å²) in [6.45, 7) is 1.84. The second-order valence-electron chi connectivity index (χ2n) is 5.97. The largest absolute Gasteiger partial charge is 0.349 e. The number of carbonyl (C=O) groups excluding carboxylic acids is 1. The average Bonchev–Trinajstić information content (AvgIpc) is 3.27. The minimum Gasteiger partial charge on any atom is -0.349 e. The molecule has 1 N–H and O–H groups in total. The van der Waals surface area contributed by atoms with Gasteiger partial charge in [-0.25, -0.2) is 4.99 Å². The van der Waals surface area contributed by atoms with E-state index in [4.69, 9.17) is 16.6 Å². The summed E-state index contributed by atoms with van der Waals surface area (Å²) in [6.07, 6.45) is 4.33. The van der Waals surface area contributed by atoms with Crippen molar-refractivity contribution in [3.05, 3.63) is 51.4 Å². The Kier molecular flexibility index (Phi) is 3.97. The van der Waals surface area contributed by atoms with E-state index in [1.165, 1.54) is 16.3 Å². The van der Waals surface area contributed by atoms with Crippen molar-refractivity contribution in [2.24, 2.45) is 17.1 Å². The maximum atomic E-state index is 12.2. The number of aliphatic imine (C=N–C) groups is 1. The zero-order chi connectivity index (χ0) is 17.6. The van der Waals surface area contributed by atoms with Gasteiger partial charge in [-0.15, -0.1) is 11.3 Å². The van der Waals surface area contributed by atoms with E-state index < -0.39 is 0 Å². The zero-order valence-corrected chi connectivity index (χ0v) is 15.3. The molecule has 0 saturated heterocycles. The number of nitrogens with zero attached hydrogens (tertiary/aromatic N) is 4. The maximum Gasteiger partial charge on any atom is 0.255 e. The van der Waals surface area contributed by atoms with Gasteiger partial charge < -0.3 is 9.88 Å². The van der Waals surface area contributed by atoms with Gasteiger partial charge in [-0.3, -0.25) is 4.79 Å². The molecule has 0 bridgehead atoms. The summed E-state index contributed by atoms with van der Waals surface area (Å²) in [4.78, 5) is 17.9. The van der Waals surface area contributed by atoms with Crippen LogP contribution in [-0.4, -0.2) is 27.2 Å². The summed E-state index contributed by atoms with van der Waals surface area (Å²) in [7, 11) is 1.98. The van der Waals surface area contributed by atoms with Gasteiger partial charge in [-0.05, 0) is 37.3 Å². The molecule has 0 aromatic carbocycles. The standard InChI is InChI=1S/C17H16ClN5OS/c1-10-8-16(24)23(21-10)17-19-11(13-4-3-7-22(13)2)9-12(20-17)14-5-6-15(18)25-14/h3-7,9,12H,8H2,1-2H3,(H,19,20). The van der Waals surface area contributed by atoms with Gasteiger partial charge in [-0.1, -0.05) is 11.6 Å². The Morgan fingerprint density at radius 1 is 1.36 bits per heavy atom. The molecular formula is C17H16ClN5OS. The Balaban J connectivity index is 1.76. The normalized spacial score (nSPS) is 20.3. The van der Waals surface area contributed by atoms with Crippen LogP contribution in [0.2, 0.25) is 4.34 Å². The molecule has 2 aromatic rings. The Bertz CT molecular complexity index is 938. The predicted molar refractivity (Wildman–Crippen MR) is 101 cm³/mol. The number of rotatable bonds is 2. The molecule has 2 aliphatic heterocycles. The monoisotopic (exact) mass is 373 g/mol. The van der Waals surface area contributed by atoms with Crippen molar-refractivity contribution in [1.82, 2.24) is 14.9 Å². The number of guanidine groups is 1. The van der Waals surface area contributed by atoms with Gasteiger partial charge in [-0.2, -0.15) is 10.1 Å². The Morgan fingerprint density at radius 2 is 2.20 bits per heavy atom. The van der Waals surface area contributed by atoms with Crippen molar-refractivity contribution < 1.29 is 4.79 Å². The van der Waals surface area contributed by atoms with E-state index in [9.17, 15) is 4.79 Å². The molecule has 128 valence electrons. The average molecular weight is 374 g/mol. The van der Waals surface area contributed by atoms with Crippen molar-refractivity contribution in [2.45, 2.75) is 19.4 Å². The van der Waals surface area contributed by atoms with Crippen LogP contribution in [0.4, 0.5) is 0 Å². The van der Waals surface area contributed by atoms with Crippen LogP contribution in [-0.2, 0) is 11.8 Å². The van der Waals surface area contributed by atoms with Gasteiger partial charge in [0.2, 0.25) is 5.96 Å². The molecule has 4 rings (SSSR count). The minimum absolute atomic E-state index is 0.0835. The van der Waals surface area contributed by atoms with Crippen molar-refractivity contribution in [1.29, 1.82) is 0 Å². The highest BCUT2D eigenvalue weighted by molar-refractivity contribution is 7.16. The van der Waals surface area contributed by atoms with Crippen LogP contribution in [0, 0.1) is 0 Å². The lowest BCUT2D eigenvalue weighted by atomic mass is 10.1.